The maximum absolute atomic E-state index is 12.4. The number of nitrogens with one attached hydrogen (secondary N) is 3. The molecule has 0 radical (unpaired) electrons. The molecular formula is C46H80N4O16S. The average Bonchev–Trinajstić information content (AvgIpc) is 3.28. The number of carboxylic acids is 2. The Labute approximate surface area is 400 Å². The first-order chi connectivity index (χ1) is 32.2. The summed E-state index contributed by atoms with van der Waals surface area (Å²) in [5.74, 6) is -3.78. The number of hydrogen-bond donors (Lipinski definition) is 7. The lowest BCUT2D eigenvalue weighted by Gasteiger charge is -2.16. The van der Waals surface area contributed by atoms with Crippen molar-refractivity contribution in [3.63, 3.8) is 0 Å². The SMILES string of the molecule is CC(=O)[C@H](CSCC(=O)CCCNC(=O)COCCOCCCC(=O)COCCOCCNC(=O)CC[C@H](CC(=O)CCCCCCCCCCCCC(=O)O)C(=O)O)NCC(=O)[C@@H](N)CO. The fourth-order valence-corrected chi connectivity index (χ4v) is 7.37. The summed E-state index contributed by atoms with van der Waals surface area (Å²) < 4.78 is 21.5. The number of carbonyl (C=O) groups excluding carboxylic acids is 7. The number of carbonyl (C=O) groups is 9. The molecule has 0 aromatic carbocycles. The summed E-state index contributed by atoms with van der Waals surface area (Å²) in [4.78, 5) is 107. The third-order valence-electron chi connectivity index (χ3n) is 10.3. The number of rotatable bonds is 50. The molecule has 0 heterocycles. The van der Waals surface area contributed by atoms with E-state index in [1.54, 1.807) is 0 Å². The second-order valence-electron chi connectivity index (χ2n) is 16.4. The number of ether oxygens (including phenoxy) is 4. The second kappa shape index (κ2) is 43.6. The monoisotopic (exact) mass is 977 g/mol. The number of Topliss-reactive ketones (excluding diaryl/α,β-unsaturated/α-hetero) is 5. The highest BCUT2D eigenvalue weighted by Gasteiger charge is 2.22. The van der Waals surface area contributed by atoms with Crippen LogP contribution in [-0.4, -0.2) is 171 Å². The number of nitrogens with two attached hydrogens (primary N) is 1. The Balaban J connectivity index is 3.74. The van der Waals surface area contributed by atoms with Gasteiger partial charge in [-0.05, 0) is 39.0 Å². The molecule has 0 spiro atoms. The van der Waals surface area contributed by atoms with Gasteiger partial charge in [0.05, 0.1) is 69.9 Å². The minimum absolute atomic E-state index is 0.0206. The van der Waals surface area contributed by atoms with Crippen LogP contribution < -0.4 is 21.7 Å². The van der Waals surface area contributed by atoms with Crippen LogP contribution in [0.25, 0.3) is 0 Å². The molecule has 386 valence electrons. The smallest absolute Gasteiger partial charge is 0.306 e. The summed E-state index contributed by atoms with van der Waals surface area (Å²) in [5, 5.41) is 35.3. The van der Waals surface area contributed by atoms with E-state index in [1.165, 1.54) is 18.7 Å². The molecule has 0 unspecified atom stereocenters. The van der Waals surface area contributed by atoms with Crippen molar-refractivity contribution in [3.05, 3.63) is 0 Å². The molecule has 0 aliphatic rings. The Hall–Kier alpha value is -3.70. The zero-order valence-electron chi connectivity index (χ0n) is 39.7. The van der Waals surface area contributed by atoms with E-state index in [9.17, 15) is 48.3 Å². The van der Waals surface area contributed by atoms with Crippen molar-refractivity contribution in [2.24, 2.45) is 11.7 Å². The highest BCUT2D eigenvalue weighted by Crippen LogP contribution is 2.17. The van der Waals surface area contributed by atoms with Gasteiger partial charge in [-0.2, -0.15) is 11.8 Å². The molecule has 0 rings (SSSR count). The molecule has 0 fully saturated rings. The van der Waals surface area contributed by atoms with Gasteiger partial charge in [-0.15, -0.1) is 0 Å². The van der Waals surface area contributed by atoms with Crippen LogP contribution in [0.4, 0.5) is 0 Å². The Morgan fingerprint density at radius 1 is 0.582 bits per heavy atom. The summed E-state index contributed by atoms with van der Waals surface area (Å²) in [6, 6.07) is -1.64. The summed E-state index contributed by atoms with van der Waals surface area (Å²) in [5.41, 5.74) is 5.47. The third-order valence-corrected chi connectivity index (χ3v) is 11.4. The van der Waals surface area contributed by atoms with Crippen molar-refractivity contribution in [1.82, 2.24) is 16.0 Å². The van der Waals surface area contributed by atoms with Crippen molar-refractivity contribution in [1.29, 1.82) is 0 Å². The number of hydrogen-bond acceptors (Lipinski definition) is 17. The van der Waals surface area contributed by atoms with Crippen LogP contribution in [0, 0.1) is 5.92 Å². The third kappa shape index (κ3) is 41.0. The lowest BCUT2D eigenvalue weighted by molar-refractivity contribution is -0.144. The van der Waals surface area contributed by atoms with Gasteiger partial charge >= 0.3 is 11.9 Å². The first-order valence-electron chi connectivity index (χ1n) is 23.7. The van der Waals surface area contributed by atoms with Gasteiger partial charge < -0.3 is 50.6 Å². The number of aliphatic carboxylic acids is 2. The topological polar surface area (TPSA) is 313 Å². The predicted molar refractivity (Wildman–Crippen MR) is 251 cm³/mol. The summed E-state index contributed by atoms with van der Waals surface area (Å²) in [6.07, 6.45) is 11.7. The summed E-state index contributed by atoms with van der Waals surface area (Å²) in [6.45, 7) is 2.36. The second-order valence-corrected chi connectivity index (χ2v) is 17.4. The molecule has 0 saturated heterocycles. The zero-order valence-corrected chi connectivity index (χ0v) is 40.5. The van der Waals surface area contributed by atoms with E-state index in [0.29, 0.717) is 44.6 Å². The van der Waals surface area contributed by atoms with Gasteiger partial charge in [0, 0.05) is 64.0 Å². The molecule has 0 bridgehead atoms. The number of unbranched alkanes of at least 4 members (excludes halogenated alkanes) is 9. The summed E-state index contributed by atoms with van der Waals surface area (Å²) in [7, 11) is 0. The van der Waals surface area contributed by atoms with Crippen molar-refractivity contribution in [2.45, 2.75) is 141 Å². The van der Waals surface area contributed by atoms with E-state index in [2.05, 4.69) is 16.0 Å². The van der Waals surface area contributed by atoms with E-state index in [-0.39, 0.29) is 139 Å². The van der Waals surface area contributed by atoms with Crippen LogP contribution in [0.15, 0.2) is 0 Å². The maximum Gasteiger partial charge on any atom is 0.306 e. The highest BCUT2D eigenvalue weighted by molar-refractivity contribution is 8.00. The van der Waals surface area contributed by atoms with E-state index >= 15 is 0 Å². The number of ketones is 5. The number of amides is 2. The number of thioether (sulfide) groups is 1. The number of aliphatic hydroxyl groups excluding tert-OH is 1. The van der Waals surface area contributed by atoms with Gasteiger partial charge in [0.2, 0.25) is 11.8 Å². The lowest BCUT2D eigenvalue weighted by atomic mass is 9.94. The van der Waals surface area contributed by atoms with Crippen LogP contribution in [0.5, 0.6) is 0 Å². The quantitative estimate of drug-likeness (QED) is 0.0430. The first kappa shape index (κ1) is 63.3. The molecule has 20 nitrogen and oxygen atoms in total. The van der Waals surface area contributed by atoms with Crippen molar-refractivity contribution in [3.8, 4) is 0 Å². The van der Waals surface area contributed by atoms with Crippen LogP contribution in [-0.2, 0) is 62.1 Å². The number of aliphatic hydroxyl groups is 1. The minimum Gasteiger partial charge on any atom is -0.481 e. The molecule has 3 atom stereocenters. The molecule has 2 amide bonds. The van der Waals surface area contributed by atoms with Gasteiger partial charge in [0.15, 0.2) is 11.6 Å². The normalized spacial score (nSPS) is 12.5. The van der Waals surface area contributed by atoms with Crippen molar-refractivity contribution < 1.29 is 77.4 Å². The zero-order chi connectivity index (χ0) is 49.9. The van der Waals surface area contributed by atoms with Gasteiger partial charge in [0.1, 0.15) is 30.6 Å². The molecule has 21 heteroatoms. The fourth-order valence-electron chi connectivity index (χ4n) is 6.30. The van der Waals surface area contributed by atoms with E-state index in [1.807, 2.05) is 0 Å². The van der Waals surface area contributed by atoms with E-state index in [0.717, 1.165) is 57.8 Å². The van der Waals surface area contributed by atoms with Crippen molar-refractivity contribution >= 4 is 64.4 Å². The molecule has 0 aliphatic heterocycles. The molecule has 0 aromatic heterocycles. The Morgan fingerprint density at radius 3 is 1.75 bits per heavy atom. The Bertz CT molecular complexity index is 1440. The molecule has 0 aliphatic carbocycles. The van der Waals surface area contributed by atoms with Crippen molar-refractivity contribution in [2.75, 3.05) is 90.6 Å². The van der Waals surface area contributed by atoms with E-state index < -0.39 is 42.3 Å². The summed E-state index contributed by atoms with van der Waals surface area (Å²) >= 11 is 1.26. The van der Waals surface area contributed by atoms with E-state index in [4.69, 9.17) is 34.9 Å². The molecule has 8 N–H and O–H groups in total. The number of carboxylic acid groups (broad SMARTS) is 2. The predicted octanol–water partition coefficient (Wildman–Crippen LogP) is 2.36. The van der Waals surface area contributed by atoms with Crippen LogP contribution in [0.3, 0.4) is 0 Å². The van der Waals surface area contributed by atoms with Crippen LogP contribution >= 0.6 is 11.8 Å². The van der Waals surface area contributed by atoms with Gasteiger partial charge in [0.25, 0.3) is 0 Å². The van der Waals surface area contributed by atoms with Gasteiger partial charge in [-0.1, -0.05) is 51.4 Å². The molecule has 0 aromatic rings. The Kier molecular flexibility index (Phi) is 41.2. The first-order valence-corrected chi connectivity index (χ1v) is 24.9. The Morgan fingerprint density at radius 2 is 1.13 bits per heavy atom. The average molecular weight is 977 g/mol. The minimum atomic E-state index is -1.09. The van der Waals surface area contributed by atoms with Gasteiger partial charge in [-0.25, -0.2) is 0 Å². The lowest BCUT2D eigenvalue weighted by Crippen LogP contribution is -2.46. The molecule has 0 saturated carbocycles. The molecular weight excluding hydrogens is 897 g/mol. The standard InChI is InChI=1S/C46H80N4O16S/c1-35(52)41(50-29-42(56)40(47)30-51)34-67-33-39(55)15-12-20-48-44(58)32-66-27-24-63-22-13-16-38(54)31-65-26-25-64-23-21-49-43(57)19-18-36(46(61)62)28-37(53)14-10-8-6-4-2-3-5-7-9-11-17-45(59)60/h36,40-41,50-51H,2-34,47H2,1H3,(H,48,58)(H,49,57)(H,59,60)(H,61,62)/t36-,40+,41+/m1/s1. The van der Waals surface area contributed by atoms with Gasteiger partial charge in [-0.3, -0.25) is 48.5 Å². The maximum atomic E-state index is 12.4. The largest absolute Gasteiger partial charge is 0.481 e. The van der Waals surface area contributed by atoms with Crippen LogP contribution in [0.1, 0.15) is 129 Å². The highest BCUT2D eigenvalue weighted by atomic mass is 32.2. The van der Waals surface area contributed by atoms with Crippen LogP contribution in [0.2, 0.25) is 0 Å². The molecule has 67 heavy (non-hydrogen) atoms. The fraction of sp³-hybridized carbons (Fsp3) is 0.804.